The molecule has 0 unspecified atom stereocenters. The summed E-state index contributed by atoms with van der Waals surface area (Å²) in [6.07, 6.45) is 4.63. The van der Waals surface area contributed by atoms with Crippen LogP contribution in [0.4, 0.5) is 0 Å². The van der Waals surface area contributed by atoms with E-state index in [1.165, 1.54) is 5.56 Å². The molecule has 0 saturated heterocycles. The molecular weight excluding hydrogens is 404 g/mol. The molecule has 2 aromatic carbocycles. The second-order valence-electron chi connectivity index (χ2n) is 8.31. The molecule has 0 heterocycles. The van der Waals surface area contributed by atoms with Crippen molar-refractivity contribution in [2.75, 3.05) is 27.3 Å². The number of ether oxygens (including phenoxy) is 2. The van der Waals surface area contributed by atoms with E-state index < -0.39 is 0 Å². The van der Waals surface area contributed by atoms with Gasteiger partial charge in [0.1, 0.15) is 0 Å². The van der Waals surface area contributed by atoms with Crippen LogP contribution in [0.15, 0.2) is 48.5 Å². The zero-order valence-electron chi connectivity index (χ0n) is 19.1. The van der Waals surface area contributed by atoms with Crippen LogP contribution in [0, 0.1) is 11.8 Å². The molecule has 32 heavy (non-hydrogen) atoms. The lowest BCUT2D eigenvalue weighted by Gasteiger charge is -2.27. The van der Waals surface area contributed by atoms with Gasteiger partial charge in [-0.1, -0.05) is 36.4 Å². The molecule has 0 spiro atoms. The number of carbonyl (C=O) groups excluding carboxylic acids is 2. The number of carbonyl (C=O) groups is 2. The third-order valence-electron chi connectivity index (χ3n) is 6.19. The van der Waals surface area contributed by atoms with E-state index in [1.807, 2.05) is 36.4 Å². The monoisotopic (exact) mass is 438 g/mol. The maximum Gasteiger partial charge on any atom is 0.223 e. The van der Waals surface area contributed by atoms with Gasteiger partial charge in [-0.25, -0.2) is 0 Å². The van der Waals surface area contributed by atoms with Gasteiger partial charge in [0.25, 0.3) is 0 Å². The Balaban J connectivity index is 1.34. The van der Waals surface area contributed by atoms with Gasteiger partial charge in [0.05, 0.1) is 14.2 Å². The molecule has 1 saturated carbocycles. The molecule has 2 aromatic rings. The van der Waals surface area contributed by atoms with E-state index in [0.29, 0.717) is 24.6 Å². The normalized spacial score (nSPS) is 17.9. The molecule has 0 aliphatic heterocycles. The summed E-state index contributed by atoms with van der Waals surface area (Å²) in [6.45, 7) is 1.23. The lowest BCUT2D eigenvalue weighted by atomic mass is 9.81. The molecule has 2 N–H and O–H groups in total. The zero-order chi connectivity index (χ0) is 22.8. The lowest BCUT2D eigenvalue weighted by molar-refractivity contribution is -0.130. The van der Waals surface area contributed by atoms with Gasteiger partial charge in [-0.15, -0.1) is 0 Å². The fourth-order valence-electron chi connectivity index (χ4n) is 4.25. The predicted molar refractivity (Wildman–Crippen MR) is 125 cm³/mol. The number of amides is 2. The maximum absolute atomic E-state index is 12.6. The number of hydrogen-bond donors (Lipinski definition) is 2. The average Bonchev–Trinajstić information content (AvgIpc) is 2.84. The molecule has 172 valence electrons. The molecule has 0 aromatic heterocycles. The first kappa shape index (κ1) is 23.6. The fraction of sp³-hybridized carbons (Fsp3) is 0.462. The molecule has 1 fully saturated rings. The van der Waals surface area contributed by atoms with Crippen LogP contribution < -0.4 is 20.1 Å². The van der Waals surface area contributed by atoms with Gasteiger partial charge < -0.3 is 20.1 Å². The van der Waals surface area contributed by atoms with Gasteiger partial charge in [0.15, 0.2) is 11.5 Å². The Morgan fingerprint density at radius 2 is 1.28 bits per heavy atom. The van der Waals surface area contributed by atoms with Gasteiger partial charge in [-0.05, 0) is 61.8 Å². The SMILES string of the molecule is COc1ccc(CCNC(=O)[C@H]2CC[C@H](C(=O)NCCc3ccccc3)CC2)cc1OC. The van der Waals surface area contributed by atoms with Crippen molar-refractivity contribution < 1.29 is 19.1 Å². The van der Waals surface area contributed by atoms with Crippen LogP contribution in [-0.2, 0) is 22.4 Å². The van der Waals surface area contributed by atoms with E-state index in [-0.39, 0.29) is 23.7 Å². The van der Waals surface area contributed by atoms with Crippen LogP contribution in [-0.4, -0.2) is 39.1 Å². The minimum absolute atomic E-state index is 0.00577. The highest BCUT2D eigenvalue weighted by molar-refractivity contribution is 5.81. The highest BCUT2D eigenvalue weighted by Gasteiger charge is 2.29. The first-order valence-electron chi connectivity index (χ1n) is 11.4. The summed E-state index contributed by atoms with van der Waals surface area (Å²) in [5, 5.41) is 6.11. The Labute approximate surface area is 190 Å². The van der Waals surface area contributed by atoms with Crippen molar-refractivity contribution in [2.24, 2.45) is 11.8 Å². The van der Waals surface area contributed by atoms with Crippen molar-refractivity contribution >= 4 is 11.8 Å². The van der Waals surface area contributed by atoms with E-state index in [1.54, 1.807) is 14.2 Å². The molecule has 2 amide bonds. The van der Waals surface area contributed by atoms with Crippen molar-refractivity contribution in [2.45, 2.75) is 38.5 Å². The number of rotatable bonds is 10. The molecule has 0 bridgehead atoms. The van der Waals surface area contributed by atoms with Crippen molar-refractivity contribution in [1.82, 2.24) is 10.6 Å². The van der Waals surface area contributed by atoms with E-state index >= 15 is 0 Å². The largest absolute Gasteiger partial charge is 0.493 e. The second kappa shape index (κ2) is 12.1. The minimum atomic E-state index is -0.00577. The van der Waals surface area contributed by atoms with Gasteiger partial charge in [0, 0.05) is 24.9 Å². The predicted octanol–water partition coefficient (Wildman–Crippen LogP) is 3.53. The molecule has 3 rings (SSSR count). The Morgan fingerprint density at radius 1 is 0.750 bits per heavy atom. The first-order valence-corrected chi connectivity index (χ1v) is 11.4. The minimum Gasteiger partial charge on any atom is -0.493 e. The average molecular weight is 439 g/mol. The Bertz CT molecular complexity index is 877. The topological polar surface area (TPSA) is 76.7 Å². The maximum atomic E-state index is 12.6. The van der Waals surface area contributed by atoms with Crippen LogP contribution in [0.5, 0.6) is 11.5 Å². The Morgan fingerprint density at radius 3 is 1.81 bits per heavy atom. The second-order valence-corrected chi connectivity index (χ2v) is 8.31. The fourth-order valence-corrected chi connectivity index (χ4v) is 4.25. The van der Waals surface area contributed by atoms with Crippen LogP contribution in [0.1, 0.15) is 36.8 Å². The lowest BCUT2D eigenvalue weighted by Crippen LogP contribution is -2.38. The number of hydrogen-bond acceptors (Lipinski definition) is 4. The van der Waals surface area contributed by atoms with Crippen LogP contribution in [0.2, 0.25) is 0 Å². The summed E-state index contributed by atoms with van der Waals surface area (Å²) in [5.41, 5.74) is 2.31. The Hall–Kier alpha value is -3.02. The van der Waals surface area contributed by atoms with Gasteiger partial charge in [0.2, 0.25) is 11.8 Å². The molecule has 6 heteroatoms. The first-order chi connectivity index (χ1) is 15.6. The summed E-state index contributed by atoms with van der Waals surface area (Å²) in [4.78, 5) is 25.0. The van der Waals surface area contributed by atoms with Crippen molar-refractivity contribution in [3.05, 3.63) is 59.7 Å². The molecule has 1 aliphatic rings. The Kier molecular flexibility index (Phi) is 8.96. The van der Waals surface area contributed by atoms with Crippen molar-refractivity contribution in [3.63, 3.8) is 0 Å². The summed E-state index contributed by atoms with van der Waals surface area (Å²) >= 11 is 0. The van der Waals surface area contributed by atoms with E-state index in [4.69, 9.17) is 9.47 Å². The third kappa shape index (κ3) is 6.74. The summed E-state index contributed by atoms with van der Waals surface area (Å²) in [6, 6.07) is 16.0. The molecule has 0 atom stereocenters. The number of methoxy groups -OCH3 is 2. The molecule has 6 nitrogen and oxygen atoms in total. The summed E-state index contributed by atoms with van der Waals surface area (Å²) < 4.78 is 10.6. The molecule has 0 radical (unpaired) electrons. The van der Waals surface area contributed by atoms with Gasteiger partial charge >= 0.3 is 0 Å². The zero-order valence-corrected chi connectivity index (χ0v) is 19.1. The van der Waals surface area contributed by atoms with Crippen LogP contribution in [0.3, 0.4) is 0 Å². The highest BCUT2D eigenvalue weighted by atomic mass is 16.5. The summed E-state index contributed by atoms with van der Waals surface area (Å²) in [5.74, 6) is 1.61. The van der Waals surface area contributed by atoms with Crippen molar-refractivity contribution in [3.8, 4) is 11.5 Å². The van der Waals surface area contributed by atoms with Crippen LogP contribution >= 0.6 is 0 Å². The van der Waals surface area contributed by atoms with E-state index in [2.05, 4.69) is 22.8 Å². The quantitative estimate of drug-likeness (QED) is 0.595. The summed E-state index contributed by atoms with van der Waals surface area (Å²) in [7, 11) is 3.23. The van der Waals surface area contributed by atoms with E-state index in [0.717, 1.165) is 44.1 Å². The van der Waals surface area contributed by atoms with Crippen LogP contribution in [0.25, 0.3) is 0 Å². The van der Waals surface area contributed by atoms with E-state index in [9.17, 15) is 9.59 Å². The number of benzene rings is 2. The smallest absolute Gasteiger partial charge is 0.223 e. The van der Waals surface area contributed by atoms with Gasteiger partial charge in [-0.3, -0.25) is 9.59 Å². The third-order valence-corrected chi connectivity index (χ3v) is 6.19. The van der Waals surface area contributed by atoms with Crippen molar-refractivity contribution in [1.29, 1.82) is 0 Å². The molecule has 1 aliphatic carbocycles. The molecular formula is C26H34N2O4. The highest BCUT2D eigenvalue weighted by Crippen LogP contribution is 2.29. The van der Waals surface area contributed by atoms with Gasteiger partial charge in [-0.2, -0.15) is 0 Å². The standard InChI is InChI=1S/C26H34N2O4/c1-31-23-13-8-20(18-24(23)32-2)15-17-28-26(30)22-11-9-21(10-12-22)25(29)27-16-14-19-6-4-3-5-7-19/h3-8,13,18,21-22H,9-12,14-17H2,1-2H3,(H,27,29)(H,28,30)/t21-,22-. The number of nitrogens with one attached hydrogen (secondary N) is 2.